The van der Waals surface area contributed by atoms with Crippen molar-refractivity contribution in [1.29, 1.82) is 0 Å². The molecule has 0 aromatic heterocycles. The normalized spacial score (nSPS) is 13.0. The fourth-order valence-electron chi connectivity index (χ4n) is 2.68. The summed E-state index contributed by atoms with van der Waals surface area (Å²) < 4.78 is 1.08. The van der Waals surface area contributed by atoms with E-state index in [0.717, 1.165) is 20.8 Å². The van der Waals surface area contributed by atoms with E-state index in [1.54, 1.807) is 0 Å². The third-order valence-electron chi connectivity index (χ3n) is 4.25. The Morgan fingerprint density at radius 3 is 2.36 bits per heavy atom. The monoisotopic (exact) mass is 355 g/mol. The first-order chi connectivity index (χ1) is 10.5. The minimum Gasteiger partial charge on any atom is -0.300 e. The zero-order valence-electron chi connectivity index (χ0n) is 12.9. The van der Waals surface area contributed by atoms with Gasteiger partial charge in [0.2, 0.25) is 0 Å². The SMILES string of the molecule is C[C@H](C(=O)c1ccc2cc(Br)c3ccccc3c2c1)N(C)C. The third-order valence-corrected chi connectivity index (χ3v) is 4.90. The molecule has 22 heavy (non-hydrogen) atoms. The molecule has 0 saturated heterocycles. The summed E-state index contributed by atoms with van der Waals surface area (Å²) in [4.78, 5) is 14.5. The average Bonchev–Trinajstić information content (AvgIpc) is 2.53. The van der Waals surface area contributed by atoms with Crippen LogP contribution in [0.15, 0.2) is 53.0 Å². The summed E-state index contributed by atoms with van der Waals surface area (Å²) in [6.45, 7) is 1.94. The van der Waals surface area contributed by atoms with Gasteiger partial charge in [-0.15, -0.1) is 0 Å². The highest BCUT2D eigenvalue weighted by molar-refractivity contribution is 9.10. The van der Waals surface area contributed by atoms with Crippen molar-refractivity contribution < 1.29 is 4.79 Å². The van der Waals surface area contributed by atoms with Crippen molar-refractivity contribution in [3.05, 3.63) is 58.6 Å². The van der Waals surface area contributed by atoms with Gasteiger partial charge >= 0.3 is 0 Å². The number of ketones is 1. The molecule has 2 nitrogen and oxygen atoms in total. The molecule has 0 bridgehead atoms. The van der Waals surface area contributed by atoms with Crippen molar-refractivity contribution in [3.8, 4) is 0 Å². The van der Waals surface area contributed by atoms with Crippen LogP contribution in [0.3, 0.4) is 0 Å². The maximum absolute atomic E-state index is 12.6. The fraction of sp³-hybridized carbons (Fsp3) is 0.211. The molecule has 0 radical (unpaired) electrons. The van der Waals surface area contributed by atoms with E-state index >= 15 is 0 Å². The second-order valence-corrected chi connectivity index (χ2v) is 6.70. The molecule has 0 fully saturated rings. The number of Topliss-reactive ketones (excluding diaryl/α,β-unsaturated/α-hetero) is 1. The maximum atomic E-state index is 12.6. The van der Waals surface area contributed by atoms with Gasteiger partial charge < -0.3 is 0 Å². The predicted molar refractivity (Wildman–Crippen MR) is 96.6 cm³/mol. The molecule has 0 aliphatic heterocycles. The lowest BCUT2D eigenvalue weighted by atomic mass is 9.97. The van der Waals surface area contributed by atoms with Crippen molar-refractivity contribution in [2.45, 2.75) is 13.0 Å². The lowest BCUT2D eigenvalue weighted by molar-refractivity contribution is 0.0891. The molecule has 0 aliphatic rings. The fourth-order valence-corrected chi connectivity index (χ4v) is 3.28. The van der Waals surface area contributed by atoms with E-state index in [9.17, 15) is 4.79 Å². The standard InChI is InChI=1S/C19H18BrNO/c1-12(21(2)3)19(22)14-9-8-13-11-18(20)16-7-5-4-6-15(16)17(13)10-14/h4-12H,1-3H3/t12-/m1/s1. The number of benzene rings is 3. The minimum atomic E-state index is -0.126. The van der Waals surface area contributed by atoms with Gasteiger partial charge in [0, 0.05) is 10.0 Å². The Morgan fingerprint density at radius 1 is 1.00 bits per heavy atom. The van der Waals surface area contributed by atoms with Crippen molar-refractivity contribution in [2.24, 2.45) is 0 Å². The lowest BCUT2D eigenvalue weighted by Crippen LogP contribution is -2.32. The first-order valence-corrected chi connectivity index (χ1v) is 8.10. The van der Waals surface area contributed by atoms with E-state index in [0.29, 0.717) is 0 Å². The number of carbonyl (C=O) groups excluding carboxylic acids is 1. The second-order valence-electron chi connectivity index (χ2n) is 5.84. The van der Waals surface area contributed by atoms with E-state index < -0.39 is 0 Å². The number of hydrogen-bond acceptors (Lipinski definition) is 2. The predicted octanol–water partition coefficient (Wildman–Crippen LogP) is 4.89. The van der Waals surface area contributed by atoms with Crippen LogP contribution in [-0.4, -0.2) is 30.8 Å². The van der Waals surface area contributed by atoms with Crippen molar-refractivity contribution in [2.75, 3.05) is 14.1 Å². The summed E-state index contributed by atoms with van der Waals surface area (Å²) in [6, 6.07) is 16.2. The Labute approximate surface area is 138 Å². The summed E-state index contributed by atoms with van der Waals surface area (Å²) in [7, 11) is 3.85. The Hall–Kier alpha value is -1.71. The second kappa shape index (κ2) is 5.82. The minimum absolute atomic E-state index is 0.126. The number of nitrogens with zero attached hydrogens (tertiary/aromatic N) is 1. The molecule has 0 amide bonds. The van der Waals surface area contributed by atoms with Gasteiger partial charge in [-0.1, -0.05) is 52.3 Å². The number of likely N-dealkylation sites (N-methyl/N-ethyl adjacent to an activating group) is 1. The van der Waals surface area contributed by atoms with Crippen LogP contribution in [0.5, 0.6) is 0 Å². The Kier molecular flexibility index (Phi) is 4.02. The maximum Gasteiger partial charge on any atom is 0.179 e. The largest absolute Gasteiger partial charge is 0.300 e. The zero-order chi connectivity index (χ0) is 15.9. The summed E-state index contributed by atoms with van der Waals surface area (Å²) in [5.41, 5.74) is 0.765. The average molecular weight is 356 g/mol. The van der Waals surface area contributed by atoms with E-state index in [4.69, 9.17) is 0 Å². The van der Waals surface area contributed by atoms with Crippen molar-refractivity contribution in [1.82, 2.24) is 4.90 Å². The van der Waals surface area contributed by atoms with Crippen LogP contribution in [0.1, 0.15) is 17.3 Å². The highest BCUT2D eigenvalue weighted by Crippen LogP contribution is 2.32. The van der Waals surface area contributed by atoms with Crippen LogP contribution < -0.4 is 0 Å². The van der Waals surface area contributed by atoms with Crippen LogP contribution >= 0.6 is 15.9 Å². The molecule has 3 rings (SSSR count). The first-order valence-electron chi connectivity index (χ1n) is 7.30. The molecule has 1 atom stereocenters. The molecule has 0 spiro atoms. The van der Waals surface area contributed by atoms with E-state index in [1.807, 2.05) is 56.3 Å². The Balaban J connectivity index is 2.23. The summed E-state index contributed by atoms with van der Waals surface area (Å²) in [5, 5.41) is 4.59. The van der Waals surface area contributed by atoms with E-state index in [-0.39, 0.29) is 11.8 Å². The molecule has 0 aliphatic carbocycles. The van der Waals surface area contributed by atoms with Crippen molar-refractivity contribution in [3.63, 3.8) is 0 Å². The molecule has 0 unspecified atom stereocenters. The molecule has 3 heteroatoms. The highest BCUT2D eigenvalue weighted by atomic mass is 79.9. The summed E-state index contributed by atoms with van der Waals surface area (Å²) >= 11 is 3.63. The van der Waals surface area contributed by atoms with Gasteiger partial charge in [-0.3, -0.25) is 9.69 Å². The van der Waals surface area contributed by atoms with Crippen molar-refractivity contribution >= 4 is 43.3 Å². The van der Waals surface area contributed by atoms with Crippen LogP contribution in [0, 0.1) is 0 Å². The van der Waals surface area contributed by atoms with Gasteiger partial charge in [-0.2, -0.15) is 0 Å². The van der Waals surface area contributed by atoms with Crippen LogP contribution in [-0.2, 0) is 0 Å². The van der Waals surface area contributed by atoms with Gasteiger partial charge in [-0.25, -0.2) is 0 Å². The number of halogens is 1. The molecule has 3 aromatic carbocycles. The lowest BCUT2D eigenvalue weighted by Gasteiger charge is -2.18. The van der Waals surface area contributed by atoms with Crippen LogP contribution in [0.25, 0.3) is 21.5 Å². The summed E-state index contributed by atoms with van der Waals surface area (Å²) in [5.74, 6) is 0.152. The number of carbonyl (C=O) groups is 1. The molecule has 112 valence electrons. The van der Waals surface area contributed by atoms with E-state index in [1.165, 1.54) is 10.8 Å². The first kappa shape index (κ1) is 15.2. The third kappa shape index (κ3) is 2.55. The van der Waals surface area contributed by atoms with Crippen LogP contribution in [0.2, 0.25) is 0 Å². The van der Waals surface area contributed by atoms with Gasteiger partial charge in [0.05, 0.1) is 6.04 Å². The molecular weight excluding hydrogens is 338 g/mol. The molecule has 0 saturated carbocycles. The zero-order valence-corrected chi connectivity index (χ0v) is 14.5. The van der Waals surface area contributed by atoms with Crippen LogP contribution in [0.4, 0.5) is 0 Å². The quantitative estimate of drug-likeness (QED) is 0.492. The highest BCUT2D eigenvalue weighted by Gasteiger charge is 2.17. The number of fused-ring (bicyclic) bond motifs is 3. The van der Waals surface area contributed by atoms with E-state index in [2.05, 4.69) is 34.1 Å². The van der Waals surface area contributed by atoms with Gasteiger partial charge in [0.25, 0.3) is 0 Å². The van der Waals surface area contributed by atoms with Gasteiger partial charge in [0.15, 0.2) is 5.78 Å². The smallest absolute Gasteiger partial charge is 0.179 e. The Bertz CT molecular complexity index is 870. The summed E-state index contributed by atoms with van der Waals surface area (Å²) in [6.07, 6.45) is 0. The van der Waals surface area contributed by atoms with Gasteiger partial charge in [-0.05, 0) is 54.7 Å². The topological polar surface area (TPSA) is 20.3 Å². The molecule has 0 heterocycles. The molecule has 3 aromatic rings. The Morgan fingerprint density at radius 2 is 1.68 bits per heavy atom. The number of hydrogen-bond donors (Lipinski definition) is 0. The molecule has 0 N–H and O–H groups in total. The van der Waals surface area contributed by atoms with Gasteiger partial charge in [0.1, 0.15) is 0 Å². The number of rotatable bonds is 3. The molecular formula is C19H18BrNO.